The van der Waals surface area contributed by atoms with E-state index in [1.807, 2.05) is 0 Å². The second-order valence-electron chi connectivity index (χ2n) is 7.11. The van der Waals surface area contributed by atoms with E-state index in [2.05, 4.69) is 33.9 Å². The molecule has 0 radical (unpaired) electrons. The Balaban J connectivity index is 4.00. The fraction of sp³-hybridized carbons (Fsp3) is 0.941. The monoisotopic (exact) mass is 316 g/mol. The van der Waals surface area contributed by atoms with Crippen LogP contribution in [0, 0.1) is 0 Å². The maximum atomic E-state index is 10.9. The van der Waals surface area contributed by atoms with E-state index in [0.717, 1.165) is 12.8 Å². The Morgan fingerprint density at radius 2 is 1.48 bits per heavy atom. The first kappa shape index (κ1) is 20.5. The number of hydrogen-bond donors (Lipinski definition) is 1. The molecule has 0 aliphatic carbocycles. The van der Waals surface area contributed by atoms with Crippen LogP contribution < -0.4 is 0 Å². The van der Waals surface area contributed by atoms with Gasteiger partial charge in [0.15, 0.2) is 0 Å². The van der Waals surface area contributed by atoms with Crippen LogP contribution in [0.25, 0.3) is 0 Å². The minimum Gasteiger partial charge on any atom is -0.450 e. The smallest absolute Gasteiger partial charge is 0.450 e. The van der Waals surface area contributed by atoms with Crippen molar-refractivity contribution in [1.29, 1.82) is 0 Å². The molecule has 0 spiro atoms. The van der Waals surface area contributed by atoms with Gasteiger partial charge in [0.1, 0.15) is 0 Å². The van der Waals surface area contributed by atoms with Crippen molar-refractivity contribution >= 4 is 14.2 Å². The van der Waals surface area contributed by atoms with Crippen LogP contribution >= 0.6 is 0 Å². The fourth-order valence-corrected chi connectivity index (χ4v) is 4.64. The highest BCUT2D eigenvalue weighted by molar-refractivity contribution is 6.79. The van der Waals surface area contributed by atoms with Gasteiger partial charge in [-0.2, -0.15) is 0 Å². The molecule has 126 valence electrons. The van der Waals surface area contributed by atoms with Gasteiger partial charge in [0, 0.05) is 0 Å². The number of carbonyl (C=O) groups is 1. The van der Waals surface area contributed by atoms with Gasteiger partial charge in [0.25, 0.3) is 0 Å². The first-order valence-electron chi connectivity index (χ1n) is 8.71. The summed E-state index contributed by atoms with van der Waals surface area (Å²) < 4.78 is 5.21. The van der Waals surface area contributed by atoms with Gasteiger partial charge in [-0.15, -0.1) is 0 Å². The highest BCUT2D eigenvalue weighted by Gasteiger charge is 2.37. The van der Waals surface area contributed by atoms with Crippen molar-refractivity contribution in [2.45, 2.75) is 103 Å². The standard InChI is InChI=1S/C17H36O3Si/c1-6-7-8-9-10-11-12-13-14-16(20-17(18)19)21(4,5)15(2)3/h15-16H,6-14H2,1-5H3,(H,18,19). The number of unbranched alkanes of at least 4 members (excludes halogenated alkanes) is 7. The van der Waals surface area contributed by atoms with E-state index in [9.17, 15) is 4.79 Å². The molecule has 21 heavy (non-hydrogen) atoms. The van der Waals surface area contributed by atoms with Crippen molar-refractivity contribution in [2.75, 3.05) is 0 Å². The van der Waals surface area contributed by atoms with Gasteiger partial charge < -0.3 is 9.84 Å². The minimum absolute atomic E-state index is 0.0601. The van der Waals surface area contributed by atoms with E-state index in [1.165, 1.54) is 44.9 Å². The molecule has 0 aliphatic rings. The summed E-state index contributed by atoms with van der Waals surface area (Å²) in [5, 5.41) is 8.95. The third-order valence-corrected chi connectivity index (χ3v) is 9.92. The summed E-state index contributed by atoms with van der Waals surface area (Å²) in [7, 11) is -1.66. The molecule has 0 aromatic heterocycles. The van der Waals surface area contributed by atoms with E-state index in [4.69, 9.17) is 9.84 Å². The molecule has 1 N–H and O–H groups in total. The van der Waals surface area contributed by atoms with Gasteiger partial charge in [0.05, 0.1) is 13.8 Å². The normalized spacial score (nSPS) is 13.4. The summed E-state index contributed by atoms with van der Waals surface area (Å²) in [6, 6.07) is 0. The zero-order valence-electron chi connectivity index (χ0n) is 14.8. The molecule has 1 unspecified atom stereocenters. The lowest BCUT2D eigenvalue weighted by molar-refractivity contribution is 0.0719. The van der Waals surface area contributed by atoms with Crippen molar-refractivity contribution < 1.29 is 14.6 Å². The van der Waals surface area contributed by atoms with Crippen LogP contribution in [0.1, 0.15) is 78.6 Å². The molecule has 0 saturated carbocycles. The maximum absolute atomic E-state index is 10.9. The van der Waals surface area contributed by atoms with Crippen molar-refractivity contribution in [3.8, 4) is 0 Å². The summed E-state index contributed by atoms with van der Waals surface area (Å²) >= 11 is 0. The molecule has 1 atom stereocenters. The molecule has 0 aliphatic heterocycles. The summed E-state index contributed by atoms with van der Waals surface area (Å²) in [5.74, 6) is 0. The highest BCUT2D eigenvalue weighted by Crippen LogP contribution is 2.29. The topological polar surface area (TPSA) is 46.5 Å². The molecular weight excluding hydrogens is 280 g/mol. The van der Waals surface area contributed by atoms with Gasteiger partial charge in [-0.1, -0.05) is 85.2 Å². The molecule has 0 heterocycles. The minimum atomic E-state index is -1.66. The molecule has 0 aromatic rings. The van der Waals surface area contributed by atoms with Crippen LogP contribution in [0.5, 0.6) is 0 Å². The van der Waals surface area contributed by atoms with E-state index < -0.39 is 14.2 Å². The zero-order chi connectivity index (χ0) is 16.3. The van der Waals surface area contributed by atoms with Crippen LogP contribution in [-0.4, -0.2) is 25.1 Å². The molecular formula is C17H36O3Si. The molecule has 0 saturated heterocycles. The Kier molecular flexibility index (Phi) is 10.8. The lowest BCUT2D eigenvalue weighted by atomic mass is 10.1. The Bertz CT molecular complexity index is 277. The average Bonchev–Trinajstić information content (AvgIpc) is 2.39. The molecule has 0 fully saturated rings. The summed E-state index contributed by atoms with van der Waals surface area (Å²) in [5.41, 5.74) is 0.478. The number of hydrogen-bond acceptors (Lipinski definition) is 2. The number of rotatable bonds is 12. The van der Waals surface area contributed by atoms with E-state index >= 15 is 0 Å². The van der Waals surface area contributed by atoms with Crippen LogP contribution in [-0.2, 0) is 4.74 Å². The zero-order valence-corrected chi connectivity index (χ0v) is 15.8. The lowest BCUT2D eigenvalue weighted by Crippen LogP contribution is -2.46. The van der Waals surface area contributed by atoms with Gasteiger partial charge in [0.2, 0.25) is 0 Å². The van der Waals surface area contributed by atoms with Crippen molar-refractivity contribution in [3.05, 3.63) is 0 Å². The van der Waals surface area contributed by atoms with Crippen LogP contribution in [0.15, 0.2) is 0 Å². The summed E-state index contributed by atoms with van der Waals surface area (Å²) in [4.78, 5) is 10.9. The quantitative estimate of drug-likeness (QED) is 0.263. The molecule has 0 rings (SSSR count). The van der Waals surface area contributed by atoms with Gasteiger partial charge in [-0.25, -0.2) is 4.79 Å². The number of ether oxygens (including phenoxy) is 1. The predicted molar refractivity (Wildman–Crippen MR) is 92.7 cm³/mol. The van der Waals surface area contributed by atoms with Gasteiger partial charge >= 0.3 is 6.16 Å². The predicted octanol–water partition coefficient (Wildman–Crippen LogP) is 6.24. The largest absolute Gasteiger partial charge is 0.505 e. The Morgan fingerprint density at radius 3 is 1.90 bits per heavy atom. The van der Waals surface area contributed by atoms with Gasteiger partial charge in [-0.3, -0.25) is 0 Å². The molecule has 0 bridgehead atoms. The van der Waals surface area contributed by atoms with Crippen LogP contribution in [0.3, 0.4) is 0 Å². The van der Waals surface area contributed by atoms with E-state index in [1.54, 1.807) is 0 Å². The summed E-state index contributed by atoms with van der Waals surface area (Å²) in [6.07, 6.45) is 10.0. The molecule has 0 amide bonds. The second kappa shape index (κ2) is 11.1. The van der Waals surface area contributed by atoms with Crippen molar-refractivity contribution in [1.82, 2.24) is 0 Å². The highest BCUT2D eigenvalue weighted by atomic mass is 28.3. The third-order valence-electron chi connectivity index (χ3n) is 4.88. The SMILES string of the molecule is CCCCCCCCCCC(OC(=O)O)[Si](C)(C)C(C)C. The lowest BCUT2D eigenvalue weighted by Gasteiger charge is -2.34. The average molecular weight is 317 g/mol. The first-order valence-corrected chi connectivity index (χ1v) is 11.9. The van der Waals surface area contributed by atoms with Crippen LogP contribution in [0.4, 0.5) is 4.79 Å². The molecule has 0 aromatic carbocycles. The molecule has 4 heteroatoms. The van der Waals surface area contributed by atoms with Crippen molar-refractivity contribution in [3.63, 3.8) is 0 Å². The van der Waals surface area contributed by atoms with E-state index in [0.29, 0.717) is 5.54 Å². The Labute approximate surface area is 132 Å². The fourth-order valence-electron chi connectivity index (χ4n) is 2.54. The van der Waals surface area contributed by atoms with Crippen molar-refractivity contribution in [2.24, 2.45) is 0 Å². The summed E-state index contributed by atoms with van der Waals surface area (Å²) in [6.45, 7) is 11.1. The molecule has 3 nitrogen and oxygen atoms in total. The van der Waals surface area contributed by atoms with Gasteiger partial charge in [-0.05, 0) is 12.0 Å². The third kappa shape index (κ3) is 9.17. The second-order valence-corrected chi connectivity index (χ2v) is 12.6. The van der Waals surface area contributed by atoms with Crippen LogP contribution in [0.2, 0.25) is 18.6 Å². The number of carboxylic acid groups (broad SMARTS) is 1. The maximum Gasteiger partial charge on any atom is 0.505 e. The Hall–Kier alpha value is -0.513. The van der Waals surface area contributed by atoms with E-state index in [-0.39, 0.29) is 5.73 Å². The first-order chi connectivity index (χ1) is 9.82. The Morgan fingerprint density at radius 1 is 1.00 bits per heavy atom.